The van der Waals surface area contributed by atoms with E-state index in [0.717, 1.165) is 29.3 Å². The van der Waals surface area contributed by atoms with E-state index >= 15 is 0 Å². The quantitative estimate of drug-likeness (QED) is 0.925. The first-order chi connectivity index (χ1) is 11.8. The Morgan fingerprint density at radius 2 is 2.24 bits per heavy atom. The first kappa shape index (κ1) is 17.3. The van der Waals surface area contributed by atoms with Crippen molar-refractivity contribution in [3.63, 3.8) is 0 Å². The Bertz CT molecular complexity index is 795. The standard InChI is InChI=1S/C19H25N3O3/c1-6-22-12(2)15(11-20-22)18(23)21-16-10-19(3,4)25-17-9-13(24-5)7-8-14(16)17/h7-9,11,16H,6,10H2,1-5H3,(H,21,23). The number of benzene rings is 1. The third-order valence-corrected chi connectivity index (χ3v) is 4.63. The van der Waals surface area contributed by atoms with Gasteiger partial charge in [0.15, 0.2) is 0 Å². The van der Waals surface area contributed by atoms with Crippen molar-refractivity contribution in [1.82, 2.24) is 15.1 Å². The van der Waals surface area contributed by atoms with Crippen LogP contribution in [0.2, 0.25) is 0 Å². The number of carbonyl (C=O) groups excluding carboxylic acids is 1. The van der Waals surface area contributed by atoms with Crippen molar-refractivity contribution in [2.45, 2.75) is 52.3 Å². The fourth-order valence-corrected chi connectivity index (χ4v) is 3.31. The second-order valence-corrected chi connectivity index (χ2v) is 6.96. The Morgan fingerprint density at radius 1 is 1.48 bits per heavy atom. The van der Waals surface area contributed by atoms with Crippen molar-refractivity contribution < 1.29 is 14.3 Å². The summed E-state index contributed by atoms with van der Waals surface area (Å²) in [5.74, 6) is 1.38. The number of methoxy groups -OCH3 is 1. The highest BCUT2D eigenvalue weighted by molar-refractivity contribution is 5.95. The summed E-state index contributed by atoms with van der Waals surface area (Å²) in [5, 5.41) is 7.41. The molecular formula is C19H25N3O3. The Morgan fingerprint density at radius 3 is 2.88 bits per heavy atom. The zero-order valence-electron chi connectivity index (χ0n) is 15.4. The van der Waals surface area contributed by atoms with Gasteiger partial charge in [0.2, 0.25) is 0 Å². The Kier molecular flexibility index (Phi) is 4.45. The number of aromatic nitrogens is 2. The molecular weight excluding hydrogens is 318 g/mol. The van der Waals surface area contributed by atoms with Crippen LogP contribution in [0.4, 0.5) is 0 Å². The number of ether oxygens (including phenoxy) is 2. The van der Waals surface area contributed by atoms with E-state index in [2.05, 4.69) is 10.4 Å². The summed E-state index contributed by atoms with van der Waals surface area (Å²) in [5.41, 5.74) is 2.08. The molecule has 3 rings (SSSR count). The van der Waals surface area contributed by atoms with E-state index in [1.165, 1.54) is 0 Å². The number of hydrogen-bond donors (Lipinski definition) is 1. The molecule has 1 amide bonds. The van der Waals surface area contributed by atoms with E-state index < -0.39 is 0 Å². The minimum absolute atomic E-state index is 0.110. The highest BCUT2D eigenvalue weighted by atomic mass is 16.5. The van der Waals surface area contributed by atoms with Gasteiger partial charge in [-0.05, 0) is 39.8 Å². The molecule has 1 atom stereocenters. The molecule has 2 heterocycles. The Balaban J connectivity index is 1.89. The normalized spacial score (nSPS) is 18.2. The Labute approximate surface area is 148 Å². The fourth-order valence-electron chi connectivity index (χ4n) is 3.31. The maximum absolute atomic E-state index is 12.8. The predicted octanol–water partition coefficient (Wildman–Crippen LogP) is 3.25. The molecule has 1 N–H and O–H groups in total. The molecule has 0 bridgehead atoms. The van der Waals surface area contributed by atoms with Crippen molar-refractivity contribution in [1.29, 1.82) is 0 Å². The van der Waals surface area contributed by atoms with Crippen LogP contribution in [-0.2, 0) is 6.54 Å². The summed E-state index contributed by atoms with van der Waals surface area (Å²) in [4.78, 5) is 12.8. The number of carbonyl (C=O) groups is 1. The van der Waals surface area contributed by atoms with E-state index in [0.29, 0.717) is 12.0 Å². The number of nitrogens with one attached hydrogen (secondary N) is 1. The van der Waals surface area contributed by atoms with Crippen LogP contribution in [0.1, 0.15) is 54.8 Å². The molecule has 1 aromatic heterocycles. The lowest BCUT2D eigenvalue weighted by Crippen LogP contribution is -2.41. The van der Waals surface area contributed by atoms with Gasteiger partial charge in [-0.25, -0.2) is 0 Å². The maximum Gasteiger partial charge on any atom is 0.255 e. The zero-order valence-corrected chi connectivity index (χ0v) is 15.4. The van der Waals surface area contributed by atoms with Gasteiger partial charge < -0.3 is 14.8 Å². The van der Waals surface area contributed by atoms with E-state index in [-0.39, 0.29) is 17.6 Å². The number of fused-ring (bicyclic) bond motifs is 1. The zero-order chi connectivity index (χ0) is 18.2. The summed E-state index contributed by atoms with van der Waals surface area (Å²) in [6.45, 7) is 8.71. The van der Waals surface area contributed by atoms with Gasteiger partial charge in [-0.1, -0.05) is 0 Å². The third-order valence-electron chi connectivity index (χ3n) is 4.63. The fraction of sp³-hybridized carbons (Fsp3) is 0.474. The highest BCUT2D eigenvalue weighted by Gasteiger charge is 2.35. The number of hydrogen-bond acceptors (Lipinski definition) is 4. The van der Waals surface area contributed by atoms with Crippen molar-refractivity contribution in [2.75, 3.05) is 7.11 Å². The summed E-state index contributed by atoms with van der Waals surface area (Å²) in [6, 6.07) is 5.59. The SMILES string of the molecule is CCn1ncc(C(=O)NC2CC(C)(C)Oc3cc(OC)ccc32)c1C. The summed E-state index contributed by atoms with van der Waals surface area (Å²) in [7, 11) is 1.63. The lowest BCUT2D eigenvalue weighted by molar-refractivity contribution is 0.0617. The molecule has 2 aromatic rings. The number of rotatable bonds is 4. The van der Waals surface area contributed by atoms with Crippen molar-refractivity contribution in [3.05, 3.63) is 41.2 Å². The second-order valence-electron chi connectivity index (χ2n) is 6.96. The van der Waals surface area contributed by atoms with Crippen LogP contribution in [0.25, 0.3) is 0 Å². The minimum atomic E-state index is -0.375. The van der Waals surface area contributed by atoms with Crippen LogP contribution < -0.4 is 14.8 Å². The topological polar surface area (TPSA) is 65.4 Å². The molecule has 6 heteroatoms. The molecule has 0 fully saturated rings. The molecule has 6 nitrogen and oxygen atoms in total. The van der Waals surface area contributed by atoms with Gasteiger partial charge in [-0.3, -0.25) is 9.48 Å². The summed E-state index contributed by atoms with van der Waals surface area (Å²) in [6.07, 6.45) is 2.33. The third kappa shape index (κ3) is 3.34. The lowest BCUT2D eigenvalue weighted by atomic mass is 9.89. The molecule has 0 saturated carbocycles. The van der Waals surface area contributed by atoms with Crippen LogP contribution in [0.15, 0.2) is 24.4 Å². The summed E-state index contributed by atoms with van der Waals surface area (Å²) >= 11 is 0. The van der Waals surface area contributed by atoms with Gasteiger partial charge in [0.1, 0.15) is 17.1 Å². The number of aryl methyl sites for hydroxylation is 1. The average Bonchev–Trinajstić information content (AvgIpc) is 2.93. The predicted molar refractivity (Wildman–Crippen MR) is 95.2 cm³/mol. The molecule has 1 aromatic carbocycles. The Hall–Kier alpha value is -2.50. The van der Waals surface area contributed by atoms with E-state index in [4.69, 9.17) is 9.47 Å². The molecule has 134 valence electrons. The molecule has 1 aliphatic rings. The number of nitrogens with zero attached hydrogens (tertiary/aromatic N) is 2. The molecule has 1 unspecified atom stereocenters. The maximum atomic E-state index is 12.8. The molecule has 1 aliphatic heterocycles. The summed E-state index contributed by atoms with van der Waals surface area (Å²) < 4.78 is 13.2. The second kappa shape index (κ2) is 6.43. The van der Waals surface area contributed by atoms with Crippen molar-refractivity contribution >= 4 is 5.91 Å². The van der Waals surface area contributed by atoms with Crippen molar-refractivity contribution in [3.8, 4) is 11.5 Å². The van der Waals surface area contributed by atoms with Crippen LogP contribution in [0.3, 0.4) is 0 Å². The van der Waals surface area contributed by atoms with Gasteiger partial charge in [0.05, 0.1) is 24.9 Å². The first-order valence-electron chi connectivity index (χ1n) is 8.55. The van der Waals surface area contributed by atoms with E-state index in [9.17, 15) is 4.79 Å². The molecule has 0 spiro atoms. The highest BCUT2D eigenvalue weighted by Crippen LogP contribution is 2.41. The molecule has 0 aliphatic carbocycles. The number of amides is 1. The van der Waals surface area contributed by atoms with E-state index in [1.807, 2.05) is 50.6 Å². The lowest BCUT2D eigenvalue weighted by Gasteiger charge is -2.38. The van der Waals surface area contributed by atoms with E-state index in [1.54, 1.807) is 13.3 Å². The smallest absolute Gasteiger partial charge is 0.255 e. The minimum Gasteiger partial charge on any atom is -0.497 e. The van der Waals surface area contributed by atoms with Gasteiger partial charge in [-0.15, -0.1) is 0 Å². The average molecular weight is 343 g/mol. The molecule has 0 saturated heterocycles. The first-order valence-corrected chi connectivity index (χ1v) is 8.55. The van der Waals surface area contributed by atoms with Crippen LogP contribution in [0, 0.1) is 6.92 Å². The van der Waals surface area contributed by atoms with Crippen LogP contribution >= 0.6 is 0 Å². The van der Waals surface area contributed by atoms with Gasteiger partial charge in [0.25, 0.3) is 5.91 Å². The monoisotopic (exact) mass is 343 g/mol. The largest absolute Gasteiger partial charge is 0.497 e. The molecule has 0 radical (unpaired) electrons. The van der Waals surface area contributed by atoms with Gasteiger partial charge >= 0.3 is 0 Å². The van der Waals surface area contributed by atoms with Gasteiger partial charge in [0, 0.05) is 30.3 Å². The van der Waals surface area contributed by atoms with Crippen LogP contribution in [-0.4, -0.2) is 28.4 Å². The van der Waals surface area contributed by atoms with Crippen LogP contribution in [0.5, 0.6) is 11.5 Å². The molecule has 25 heavy (non-hydrogen) atoms. The van der Waals surface area contributed by atoms with Gasteiger partial charge in [-0.2, -0.15) is 5.10 Å². The van der Waals surface area contributed by atoms with Crippen molar-refractivity contribution in [2.24, 2.45) is 0 Å².